The zero-order chi connectivity index (χ0) is 13.6. The van der Waals surface area contributed by atoms with Crippen molar-refractivity contribution in [1.29, 1.82) is 4.78 Å². The van der Waals surface area contributed by atoms with Gasteiger partial charge < -0.3 is 15.9 Å². The zero-order valence-corrected chi connectivity index (χ0v) is 10.4. The lowest BCUT2D eigenvalue weighted by Gasteiger charge is -2.13. The smallest absolute Gasteiger partial charge is 0.320 e. The number of nitrogens with two attached hydrogens (primary N) is 1. The van der Waals surface area contributed by atoms with Crippen molar-refractivity contribution in [3.05, 3.63) is 0 Å². The molecule has 0 aliphatic heterocycles. The third-order valence-corrected chi connectivity index (χ3v) is 4.22. The fourth-order valence-electron chi connectivity index (χ4n) is 1.21. The van der Waals surface area contributed by atoms with E-state index in [9.17, 15) is 13.8 Å². The van der Waals surface area contributed by atoms with E-state index < -0.39 is 33.6 Å². The second-order valence-corrected chi connectivity index (χ2v) is 6.22. The largest absolute Gasteiger partial charge is 0.481 e. The summed E-state index contributed by atoms with van der Waals surface area (Å²) in [5, 5.41) is 17.3. The fraction of sp³-hybridized carbons (Fsp3) is 0.778. The molecule has 0 spiro atoms. The molecule has 17 heavy (non-hydrogen) atoms. The molecule has 0 rings (SSSR count). The molecule has 0 bridgehead atoms. The van der Waals surface area contributed by atoms with Crippen molar-refractivity contribution in [1.82, 2.24) is 0 Å². The monoisotopic (exact) mass is 266 g/mol. The van der Waals surface area contributed by atoms with Gasteiger partial charge in [0, 0.05) is 21.2 Å². The van der Waals surface area contributed by atoms with E-state index in [0.717, 1.165) is 0 Å². The minimum Gasteiger partial charge on any atom is -0.481 e. The predicted octanol–water partition coefficient (Wildman–Crippen LogP) is -0.0540. The van der Waals surface area contributed by atoms with Gasteiger partial charge in [0.05, 0.1) is 5.92 Å². The van der Waals surface area contributed by atoms with Crippen molar-refractivity contribution in [2.75, 3.05) is 11.5 Å². The molecule has 0 saturated carbocycles. The van der Waals surface area contributed by atoms with Gasteiger partial charge in [-0.2, -0.15) is 0 Å². The van der Waals surface area contributed by atoms with E-state index in [1.165, 1.54) is 0 Å². The highest BCUT2D eigenvalue weighted by Crippen LogP contribution is 2.10. The summed E-state index contributed by atoms with van der Waals surface area (Å²) in [6.07, 6.45) is 0.198. The van der Waals surface area contributed by atoms with Gasteiger partial charge in [-0.1, -0.05) is 6.92 Å². The summed E-state index contributed by atoms with van der Waals surface area (Å²) in [5.41, 5.74) is 5.22. The van der Waals surface area contributed by atoms with Gasteiger partial charge in [-0.05, 0) is 12.8 Å². The predicted molar refractivity (Wildman–Crippen MR) is 62.2 cm³/mol. The molecule has 0 heterocycles. The van der Waals surface area contributed by atoms with Crippen LogP contribution in [0.3, 0.4) is 0 Å². The summed E-state index contributed by atoms with van der Waals surface area (Å²) in [5.74, 6) is -3.59. The first-order valence-electron chi connectivity index (χ1n) is 5.15. The van der Waals surface area contributed by atoms with Crippen LogP contribution in [0.4, 0.5) is 0 Å². The maximum Gasteiger partial charge on any atom is 0.320 e. The highest BCUT2D eigenvalue weighted by atomic mass is 32.2. The summed E-state index contributed by atoms with van der Waals surface area (Å²) in [4.78, 5) is 21.2. The molecule has 0 aromatic carbocycles. The van der Waals surface area contributed by atoms with Crippen LogP contribution in [-0.4, -0.2) is 43.9 Å². The van der Waals surface area contributed by atoms with E-state index in [0.29, 0.717) is 0 Å². The van der Waals surface area contributed by atoms with Gasteiger partial charge in [0.1, 0.15) is 6.04 Å². The number of hydrogen-bond donors (Lipinski definition) is 4. The molecule has 0 amide bonds. The summed E-state index contributed by atoms with van der Waals surface area (Å²) in [7, 11) is -3.09. The Labute approximate surface area is 100.0 Å². The van der Waals surface area contributed by atoms with Gasteiger partial charge in [0.2, 0.25) is 0 Å². The van der Waals surface area contributed by atoms with Crippen LogP contribution < -0.4 is 5.73 Å². The molecule has 7 nitrogen and oxygen atoms in total. The Morgan fingerprint density at radius 2 is 1.88 bits per heavy atom. The molecular weight excluding hydrogens is 248 g/mol. The molecule has 0 saturated heterocycles. The molecule has 0 aromatic rings. The number of carbonyl (C=O) groups is 2. The zero-order valence-electron chi connectivity index (χ0n) is 9.59. The lowest BCUT2D eigenvalue weighted by atomic mass is 10.1. The number of aliphatic carboxylic acids is 2. The average molecular weight is 266 g/mol. The second-order valence-electron chi connectivity index (χ2n) is 3.86. The molecule has 0 fully saturated rings. The molecule has 0 aromatic heterocycles. The third-order valence-electron chi connectivity index (χ3n) is 2.39. The molecule has 0 aliphatic carbocycles. The first-order valence-corrected chi connectivity index (χ1v) is 7.04. The first-order chi connectivity index (χ1) is 7.69. The van der Waals surface area contributed by atoms with Gasteiger partial charge in [0.25, 0.3) is 0 Å². The number of rotatable bonds is 8. The Hall–Kier alpha value is -1.15. The second kappa shape index (κ2) is 6.55. The van der Waals surface area contributed by atoms with E-state index in [1.807, 2.05) is 0 Å². The van der Waals surface area contributed by atoms with Crippen LogP contribution in [0.2, 0.25) is 0 Å². The van der Waals surface area contributed by atoms with Crippen LogP contribution in [0, 0.1) is 10.7 Å². The van der Waals surface area contributed by atoms with Crippen molar-refractivity contribution in [2.24, 2.45) is 11.7 Å². The van der Waals surface area contributed by atoms with Gasteiger partial charge in [-0.25, -0.2) is 4.21 Å². The standard InChI is InChI=1S/C9H18N2O5S/c1-2-6(8(12)13)5-17(11,16)4-3-7(10)9(14)15/h6-7,11H,2-5,10H2,1H3,(H,12,13)(H,14,15). The Morgan fingerprint density at radius 1 is 1.35 bits per heavy atom. The Balaban J connectivity index is 4.39. The highest BCUT2D eigenvalue weighted by molar-refractivity contribution is 7.92. The normalized spacial score (nSPS) is 18.0. The Morgan fingerprint density at radius 3 is 2.24 bits per heavy atom. The minimum absolute atomic E-state index is 0.0896. The molecule has 3 atom stereocenters. The van der Waals surface area contributed by atoms with E-state index in [4.69, 9.17) is 20.7 Å². The molecule has 0 radical (unpaired) electrons. The Kier molecular flexibility index (Phi) is 6.11. The van der Waals surface area contributed by atoms with Crippen molar-refractivity contribution in [3.8, 4) is 0 Å². The molecular formula is C9H18N2O5S. The average Bonchev–Trinajstić information content (AvgIpc) is 2.22. The van der Waals surface area contributed by atoms with Crippen LogP contribution in [0.15, 0.2) is 0 Å². The van der Waals surface area contributed by atoms with E-state index in [-0.39, 0.29) is 24.3 Å². The maximum absolute atomic E-state index is 11.7. The fourth-order valence-corrected chi connectivity index (χ4v) is 3.04. The molecule has 0 aliphatic rings. The van der Waals surface area contributed by atoms with Crippen molar-refractivity contribution < 1.29 is 24.0 Å². The Bertz CT molecular complexity index is 379. The van der Waals surface area contributed by atoms with Crippen molar-refractivity contribution in [2.45, 2.75) is 25.8 Å². The van der Waals surface area contributed by atoms with Crippen LogP contribution in [0.25, 0.3) is 0 Å². The lowest BCUT2D eigenvalue weighted by Crippen LogP contribution is -2.33. The highest BCUT2D eigenvalue weighted by Gasteiger charge is 2.22. The number of nitrogens with one attached hydrogen (secondary N) is 1. The van der Waals surface area contributed by atoms with E-state index in [1.54, 1.807) is 6.92 Å². The van der Waals surface area contributed by atoms with E-state index in [2.05, 4.69) is 0 Å². The summed E-state index contributed by atoms with van der Waals surface area (Å²) >= 11 is 0. The summed E-state index contributed by atoms with van der Waals surface area (Å²) < 4.78 is 19.2. The van der Waals surface area contributed by atoms with Crippen LogP contribution in [0.1, 0.15) is 19.8 Å². The quantitative estimate of drug-likeness (QED) is 0.485. The summed E-state index contributed by atoms with van der Waals surface area (Å²) in [6, 6.07) is -1.16. The number of hydrogen-bond acceptors (Lipinski definition) is 5. The van der Waals surface area contributed by atoms with Gasteiger partial charge >= 0.3 is 11.9 Å². The maximum atomic E-state index is 11.7. The topological polar surface area (TPSA) is 142 Å². The molecule has 5 N–H and O–H groups in total. The van der Waals surface area contributed by atoms with Crippen LogP contribution >= 0.6 is 0 Å². The van der Waals surface area contributed by atoms with Gasteiger partial charge in [0.15, 0.2) is 0 Å². The lowest BCUT2D eigenvalue weighted by molar-refractivity contribution is -0.141. The minimum atomic E-state index is -3.09. The molecule has 3 unspecified atom stereocenters. The van der Waals surface area contributed by atoms with Gasteiger partial charge in [-0.15, -0.1) is 0 Å². The molecule has 100 valence electrons. The third kappa shape index (κ3) is 6.22. The molecule has 8 heteroatoms. The van der Waals surface area contributed by atoms with Crippen LogP contribution in [-0.2, 0) is 19.3 Å². The summed E-state index contributed by atoms with van der Waals surface area (Å²) in [6.45, 7) is 1.64. The van der Waals surface area contributed by atoms with Gasteiger partial charge in [-0.3, -0.25) is 14.4 Å². The number of carboxylic acids is 2. The van der Waals surface area contributed by atoms with Crippen molar-refractivity contribution in [3.63, 3.8) is 0 Å². The number of carboxylic acid groups (broad SMARTS) is 2. The van der Waals surface area contributed by atoms with Crippen molar-refractivity contribution >= 4 is 21.7 Å². The first kappa shape index (κ1) is 15.9. The van der Waals surface area contributed by atoms with E-state index >= 15 is 0 Å². The van der Waals surface area contributed by atoms with Crippen LogP contribution in [0.5, 0.6) is 0 Å². The SMILES string of the molecule is CCC(CS(=N)(=O)CCC(N)C(=O)O)C(=O)O.